The van der Waals surface area contributed by atoms with Gasteiger partial charge in [0.25, 0.3) is 5.56 Å². The van der Waals surface area contributed by atoms with E-state index in [1.165, 1.54) is 30.6 Å². The normalized spacial score (nSPS) is 15.2. The molecule has 3 aromatic rings. The van der Waals surface area contributed by atoms with Gasteiger partial charge in [0.15, 0.2) is 0 Å². The van der Waals surface area contributed by atoms with Gasteiger partial charge in [-0.05, 0) is 37.6 Å². The number of aromatic amines is 1. The number of hydrogen-bond donors (Lipinski definition) is 2. The van der Waals surface area contributed by atoms with Gasteiger partial charge in [0.1, 0.15) is 10.7 Å². The molecule has 3 heterocycles. The van der Waals surface area contributed by atoms with Crippen molar-refractivity contribution >= 4 is 43.2 Å². The highest BCUT2D eigenvalue weighted by molar-refractivity contribution is 7.89. The molecule has 33 heavy (non-hydrogen) atoms. The number of carbonyl (C=O) groups excluding carboxylic acids is 1. The van der Waals surface area contributed by atoms with Gasteiger partial charge in [0, 0.05) is 31.1 Å². The molecule has 0 radical (unpaired) electrons. The van der Waals surface area contributed by atoms with E-state index in [1.807, 2.05) is 18.7 Å². The first-order chi connectivity index (χ1) is 15.6. The molecule has 0 aliphatic carbocycles. The third kappa shape index (κ3) is 4.64. The molecule has 10 nitrogen and oxygen atoms in total. The lowest BCUT2D eigenvalue weighted by atomic mass is 10.1. The lowest BCUT2D eigenvalue weighted by Crippen LogP contribution is -2.46. The molecule has 2 aromatic heterocycles. The van der Waals surface area contributed by atoms with Crippen molar-refractivity contribution in [3.8, 4) is 0 Å². The van der Waals surface area contributed by atoms with E-state index in [4.69, 9.17) is 9.88 Å². The highest BCUT2D eigenvalue weighted by atomic mass is 32.2. The molecule has 0 bridgehead atoms. The molecule has 1 fully saturated rings. The summed E-state index contributed by atoms with van der Waals surface area (Å²) in [6, 6.07) is 4.21. The van der Waals surface area contributed by atoms with Crippen molar-refractivity contribution in [3.05, 3.63) is 50.4 Å². The Hall–Kier alpha value is -2.80. The van der Waals surface area contributed by atoms with E-state index >= 15 is 0 Å². The zero-order valence-electron chi connectivity index (χ0n) is 18.5. The first-order valence-electron chi connectivity index (χ1n) is 10.3. The fourth-order valence-electron chi connectivity index (χ4n) is 3.97. The van der Waals surface area contributed by atoms with Crippen LogP contribution in [0.25, 0.3) is 10.2 Å². The predicted molar refractivity (Wildman–Crippen MR) is 126 cm³/mol. The minimum atomic E-state index is -3.95. The van der Waals surface area contributed by atoms with Crippen LogP contribution >= 0.6 is 11.3 Å². The second-order valence-electron chi connectivity index (χ2n) is 7.95. The summed E-state index contributed by atoms with van der Waals surface area (Å²) in [4.78, 5) is 38.2. The number of H-pyrrole nitrogens is 1. The largest absolute Gasteiger partial charge is 0.465 e. The van der Waals surface area contributed by atoms with Crippen molar-refractivity contribution in [3.63, 3.8) is 0 Å². The van der Waals surface area contributed by atoms with Crippen LogP contribution in [0.4, 0.5) is 5.69 Å². The number of piperazine rings is 1. The van der Waals surface area contributed by atoms with E-state index in [1.54, 1.807) is 6.07 Å². The van der Waals surface area contributed by atoms with Crippen LogP contribution in [0, 0.1) is 13.8 Å². The van der Waals surface area contributed by atoms with Crippen molar-refractivity contribution in [2.45, 2.75) is 25.3 Å². The molecule has 1 aliphatic heterocycles. The molecule has 0 spiro atoms. The fraction of sp³-hybridized carbons (Fsp3) is 0.381. The van der Waals surface area contributed by atoms with Gasteiger partial charge in [-0.3, -0.25) is 9.69 Å². The second kappa shape index (κ2) is 8.86. The number of benzene rings is 1. The predicted octanol–water partition coefficient (Wildman–Crippen LogP) is 1.36. The lowest BCUT2D eigenvalue weighted by molar-refractivity contribution is 0.0601. The number of aryl methyl sites for hydroxylation is 2. The van der Waals surface area contributed by atoms with E-state index in [0.717, 1.165) is 15.3 Å². The van der Waals surface area contributed by atoms with Crippen LogP contribution in [-0.2, 0) is 21.3 Å². The molecule has 1 saturated heterocycles. The van der Waals surface area contributed by atoms with Gasteiger partial charge in [-0.1, -0.05) is 0 Å². The van der Waals surface area contributed by atoms with Gasteiger partial charge in [0.05, 0.1) is 35.2 Å². The standard InChI is InChI=1S/C21H25N5O5S2/c1-12-13(2)32-20-18(12)19(27)23-17(24-20)11-25-6-8-26(9-7-25)16-5-4-14(33(22,29)30)10-15(16)21(28)31-3/h4-5,10H,6-9,11H2,1-3H3,(H2,22,29,30)(H,23,24,27). The summed E-state index contributed by atoms with van der Waals surface area (Å²) >= 11 is 1.52. The van der Waals surface area contributed by atoms with E-state index < -0.39 is 16.0 Å². The van der Waals surface area contributed by atoms with Crippen molar-refractivity contribution in [2.24, 2.45) is 5.14 Å². The molecule has 0 amide bonds. The van der Waals surface area contributed by atoms with Crippen LogP contribution in [0.5, 0.6) is 0 Å². The molecule has 0 atom stereocenters. The molecule has 4 rings (SSSR count). The summed E-state index contributed by atoms with van der Waals surface area (Å²) in [5.41, 5.74) is 1.59. The number of rotatable bonds is 5. The number of methoxy groups -OCH3 is 1. The smallest absolute Gasteiger partial charge is 0.340 e. The van der Waals surface area contributed by atoms with E-state index in [2.05, 4.69) is 14.9 Å². The highest BCUT2D eigenvalue weighted by Crippen LogP contribution is 2.27. The van der Waals surface area contributed by atoms with E-state index in [-0.39, 0.29) is 16.0 Å². The SMILES string of the molecule is COC(=O)c1cc(S(N)(=O)=O)ccc1N1CCN(Cc2nc3sc(C)c(C)c3c(=O)[nH]2)CC1. The number of primary sulfonamides is 1. The topological polar surface area (TPSA) is 139 Å². The minimum absolute atomic E-state index is 0.117. The van der Waals surface area contributed by atoms with Crippen molar-refractivity contribution in [1.82, 2.24) is 14.9 Å². The Kier molecular flexibility index (Phi) is 6.27. The third-order valence-corrected chi connectivity index (χ3v) is 7.89. The maximum absolute atomic E-state index is 12.5. The highest BCUT2D eigenvalue weighted by Gasteiger charge is 2.24. The number of nitrogens with two attached hydrogens (primary N) is 1. The number of aromatic nitrogens is 2. The van der Waals surface area contributed by atoms with Crippen LogP contribution < -0.4 is 15.6 Å². The Bertz CT molecular complexity index is 1390. The summed E-state index contributed by atoms with van der Waals surface area (Å²) < 4.78 is 28.2. The first kappa shape index (κ1) is 23.4. The molecule has 0 unspecified atom stereocenters. The quantitative estimate of drug-likeness (QED) is 0.510. The lowest BCUT2D eigenvalue weighted by Gasteiger charge is -2.36. The summed E-state index contributed by atoms with van der Waals surface area (Å²) in [6.07, 6.45) is 0. The third-order valence-electron chi connectivity index (χ3n) is 5.88. The number of hydrogen-bond acceptors (Lipinski definition) is 9. The van der Waals surface area contributed by atoms with Gasteiger partial charge >= 0.3 is 5.97 Å². The summed E-state index contributed by atoms with van der Waals surface area (Å²) in [7, 11) is -2.70. The molecule has 1 aliphatic rings. The molecule has 0 saturated carbocycles. The Morgan fingerprint density at radius 3 is 2.58 bits per heavy atom. The van der Waals surface area contributed by atoms with Gasteiger partial charge in [-0.25, -0.2) is 23.3 Å². The number of esters is 1. The average Bonchev–Trinajstić information content (AvgIpc) is 3.06. The van der Waals surface area contributed by atoms with E-state index in [9.17, 15) is 18.0 Å². The number of carbonyl (C=O) groups is 1. The Morgan fingerprint density at radius 1 is 1.24 bits per heavy atom. The summed E-state index contributed by atoms with van der Waals surface area (Å²) in [5, 5.41) is 5.87. The zero-order valence-corrected chi connectivity index (χ0v) is 20.2. The number of fused-ring (bicyclic) bond motifs is 1. The monoisotopic (exact) mass is 491 g/mol. The Morgan fingerprint density at radius 2 is 1.94 bits per heavy atom. The van der Waals surface area contributed by atoms with E-state index in [0.29, 0.717) is 49.6 Å². The molecule has 3 N–H and O–H groups in total. The van der Waals surface area contributed by atoms with Crippen LogP contribution in [0.1, 0.15) is 26.6 Å². The maximum atomic E-state index is 12.5. The summed E-state index contributed by atoms with van der Waals surface area (Å²) in [6.45, 7) is 6.96. The molecule has 12 heteroatoms. The van der Waals surface area contributed by atoms with Crippen molar-refractivity contribution in [1.29, 1.82) is 0 Å². The van der Waals surface area contributed by atoms with Crippen LogP contribution in [0.2, 0.25) is 0 Å². The van der Waals surface area contributed by atoms with Crippen LogP contribution in [0.15, 0.2) is 27.9 Å². The van der Waals surface area contributed by atoms with Gasteiger partial charge in [-0.15, -0.1) is 11.3 Å². The molecular weight excluding hydrogens is 466 g/mol. The number of sulfonamides is 1. The first-order valence-corrected chi connectivity index (χ1v) is 12.7. The fourth-order valence-corrected chi connectivity index (χ4v) is 5.56. The zero-order chi connectivity index (χ0) is 23.9. The van der Waals surface area contributed by atoms with Crippen molar-refractivity contribution < 1.29 is 17.9 Å². The molecular formula is C21H25N5O5S2. The number of anilines is 1. The maximum Gasteiger partial charge on any atom is 0.340 e. The molecule has 176 valence electrons. The average molecular weight is 492 g/mol. The Balaban J connectivity index is 1.51. The van der Waals surface area contributed by atoms with Crippen molar-refractivity contribution in [2.75, 3.05) is 38.2 Å². The second-order valence-corrected chi connectivity index (χ2v) is 10.7. The number of nitrogens with zero attached hydrogens (tertiary/aromatic N) is 3. The van der Waals surface area contributed by atoms with Gasteiger partial charge in [0.2, 0.25) is 10.0 Å². The summed E-state index contributed by atoms with van der Waals surface area (Å²) in [5.74, 6) is -0.00972. The number of thiophene rings is 1. The van der Waals surface area contributed by atoms with Crippen LogP contribution in [0.3, 0.4) is 0 Å². The Labute approximate surface area is 195 Å². The number of ether oxygens (including phenoxy) is 1. The number of nitrogens with one attached hydrogen (secondary N) is 1. The molecule has 1 aromatic carbocycles. The minimum Gasteiger partial charge on any atom is -0.465 e. The van der Waals surface area contributed by atoms with Crippen LogP contribution in [-0.4, -0.2) is 62.5 Å². The van der Waals surface area contributed by atoms with Gasteiger partial charge in [-0.2, -0.15) is 0 Å². The van der Waals surface area contributed by atoms with Gasteiger partial charge < -0.3 is 14.6 Å².